The van der Waals surface area contributed by atoms with Gasteiger partial charge in [0.1, 0.15) is 0 Å². The number of benzene rings is 4. The van der Waals surface area contributed by atoms with Gasteiger partial charge < -0.3 is 9.80 Å². The van der Waals surface area contributed by atoms with Gasteiger partial charge >= 0.3 is 0 Å². The second-order valence-electron chi connectivity index (χ2n) is 14.9. The molecule has 1 saturated heterocycles. The number of anilines is 3. The fourth-order valence-corrected chi connectivity index (χ4v) is 10.0. The summed E-state index contributed by atoms with van der Waals surface area (Å²) in [6, 6.07) is 37.1. The highest BCUT2D eigenvalue weighted by atomic mass is 15.2. The topological polar surface area (TPSA) is 6.48 Å². The Labute approximate surface area is 267 Å². The molecule has 2 nitrogen and oxygen atoms in total. The molecule has 0 amide bonds. The standard InChI is InChI=1S/C42H37BN2/c1-41(2)28-16-8-10-22-34(28)44-36-24-27(26-14-6-5-7-15-26)25-37-38(36)43(32-20-12-18-30(41)39(32)44)33-21-13-19-31-40(33)45(37)35-23-11-9-17-29(35)42(31,3)4/h5-24,27,32,39H,25H2,1-4H3. The van der Waals surface area contributed by atoms with E-state index in [0.29, 0.717) is 18.4 Å². The molecular weight excluding hydrogens is 543 g/mol. The number of allylic oxidation sites excluding steroid dienone is 5. The van der Waals surface area contributed by atoms with E-state index in [4.69, 9.17) is 0 Å². The molecule has 4 aromatic rings. The van der Waals surface area contributed by atoms with Gasteiger partial charge in [-0.1, -0.05) is 137 Å². The first-order valence-electron chi connectivity index (χ1n) is 16.7. The monoisotopic (exact) mass is 580 g/mol. The summed E-state index contributed by atoms with van der Waals surface area (Å²) in [6.45, 7) is 10.0. The van der Waals surface area contributed by atoms with Crippen molar-refractivity contribution in [1.82, 2.24) is 0 Å². The predicted octanol–water partition coefficient (Wildman–Crippen LogP) is 9.09. The second-order valence-corrected chi connectivity index (χ2v) is 14.9. The third-order valence-electron chi connectivity index (χ3n) is 12.1. The van der Waals surface area contributed by atoms with Crippen LogP contribution in [0.1, 0.15) is 62.3 Å². The van der Waals surface area contributed by atoms with Crippen LogP contribution in [-0.2, 0) is 10.8 Å². The fourth-order valence-electron chi connectivity index (χ4n) is 10.0. The number of fused-ring (bicyclic) bond motifs is 8. The van der Waals surface area contributed by atoms with Crippen molar-refractivity contribution in [2.45, 2.75) is 62.7 Å². The van der Waals surface area contributed by atoms with E-state index in [1.807, 2.05) is 0 Å². The smallest absolute Gasteiger partial charge is 0.226 e. The molecule has 4 aliphatic heterocycles. The van der Waals surface area contributed by atoms with Crippen LogP contribution in [0, 0.1) is 0 Å². The van der Waals surface area contributed by atoms with E-state index in [-0.39, 0.29) is 16.9 Å². The molecule has 3 unspecified atom stereocenters. The first kappa shape index (κ1) is 25.8. The molecule has 4 heterocycles. The molecule has 0 bridgehead atoms. The van der Waals surface area contributed by atoms with Crippen LogP contribution in [0.4, 0.5) is 17.1 Å². The Morgan fingerprint density at radius 1 is 0.711 bits per heavy atom. The molecule has 3 heteroatoms. The van der Waals surface area contributed by atoms with Gasteiger partial charge in [-0.2, -0.15) is 0 Å². The molecule has 0 N–H and O–H groups in total. The van der Waals surface area contributed by atoms with Crippen LogP contribution >= 0.6 is 0 Å². The molecule has 10 rings (SSSR count). The molecule has 218 valence electrons. The van der Waals surface area contributed by atoms with Gasteiger partial charge in [0.2, 0.25) is 6.71 Å². The van der Waals surface area contributed by atoms with E-state index in [9.17, 15) is 0 Å². The van der Waals surface area contributed by atoms with Crippen molar-refractivity contribution in [3.05, 3.63) is 166 Å². The maximum absolute atomic E-state index is 2.76. The molecule has 3 atom stereocenters. The lowest BCUT2D eigenvalue weighted by Crippen LogP contribution is -2.63. The largest absolute Gasteiger partial charge is 0.335 e. The van der Waals surface area contributed by atoms with Crippen LogP contribution in [0.15, 0.2) is 144 Å². The van der Waals surface area contributed by atoms with Crippen LogP contribution in [-0.4, -0.2) is 12.8 Å². The van der Waals surface area contributed by atoms with Gasteiger partial charge in [0.05, 0.1) is 6.04 Å². The third-order valence-corrected chi connectivity index (χ3v) is 12.1. The van der Waals surface area contributed by atoms with E-state index < -0.39 is 0 Å². The van der Waals surface area contributed by atoms with Crippen molar-refractivity contribution in [2.75, 3.05) is 9.80 Å². The number of nitrogens with zero attached hydrogens (tertiary/aromatic N) is 2. The summed E-state index contributed by atoms with van der Waals surface area (Å²) in [5.41, 5.74) is 17.2. The zero-order valence-electron chi connectivity index (χ0n) is 26.5. The van der Waals surface area contributed by atoms with E-state index in [2.05, 4.69) is 159 Å². The van der Waals surface area contributed by atoms with E-state index >= 15 is 0 Å². The third kappa shape index (κ3) is 3.12. The molecule has 0 spiro atoms. The highest BCUT2D eigenvalue weighted by Crippen LogP contribution is 2.61. The van der Waals surface area contributed by atoms with Gasteiger partial charge in [0.15, 0.2) is 0 Å². The summed E-state index contributed by atoms with van der Waals surface area (Å²) < 4.78 is 0. The summed E-state index contributed by atoms with van der Waals surface area (Å²) in [5, 5.41) is 0. The summed E-state index contributed by atoms with van der Waals surface area (Å²) in [7, 11) is 0. The Hall–Kier alpha value is -4.50. The molecule has 45 heavy (non-hydrogen) atoms. The lowest BCUT2D eigenvalue weighted by molar-refractivity contribution is 0.505. The molecular formula is C42H37BN2. The van der Waals surface area contributed by atoms with Crippen LogP contribution in [0.5, 0.6) is 0 Å². The van der Waals surface area contributed by atoms with Crippen LogP contribution in [0.2, 0.25) is 5.82 Å². The molecule has 0 aromatic heterocycles. The van der Waals surface area contributed by atoms with Crippen molar-refractivity contribution >= 4 is 29.2 Å². The minimum absolute atomic E-state index is 0.0450. The Balaban J connectivity index is 1.32. The molecule has 0 saturated carbocycles. The molecule has 1 fully saturated rings. The average Bonchev–Trinajstić information content (AvgIpc) is 3.07. The van der Waals surface area contributed by atoms with Gasteiger partial charge in [-0.3, -0.25) is 0 Å². The highest BCUT2D eigenvalue weighted by molar-refractivity contribution is 6.85. The van der Waals surface area contributed by atoms with E-state index in [1.165, 1.54) is 67.2 Å². The minimum atomic E-state index is -0.0807. The van der Waals surface area contributed by atoms with Crippen molar-refractivity contribution in [2.24, 2.45) is 0 Å². The summed E-state index contributed by atoms with van der Waals surface area (Å²) in [6.07, 6.45) is 11.0. The van der Waals surface area contributed by atoms with E-state index in [0.717, 1.165) is 6.42 Å². The van der Waals surface area contributed by atoms with Crippen molar-refractivity contribution in [3.8, 4) is 0 Å². The van der Waals surface area contributed by atoms with Crippen molar-refractivity contribution in [1.29, 1.82) is 0 Å². The number of para-hydroxylation sites is 3. The summed E-state index contributed by atoms with van der Waals surface area (Å²) in [5.74, 6) is 0.642. The first-order chi connectivity index (χ1) is 21.9. The number of hydrogen-bond acceptors (Lipinski definition) is 2. The predicted molar refractivity (Wildman–Crippen MR) is 188 cm³/mol. The van der Waals surface area contributed by atoms with Crippen LogP contribution < -0.4 is 15.3 Å². The van der Waals surface area contributed by atoms with Crippen LogP contribution in [0.25, 0.3) is 0 Å². The quantitative estimate of drug-likeness (QED) is 0.207. The van der Waals surface area contributed by atoms with Gasteiger partial charge in [0, 0.05) is 45.2 Å². The molecule has 0 radical (unpaired) electrons. The Morgan fingerprint density at radius 2 is 1.40 bits per heavy atom. The van der Waals surface area contributed by atoms with Crippen molar-refractivity contribution < 1.29 is 0 Å². The number of rotatable bonds is 1. The normalized spacial score (nSPS) is 25.3. The van der Waals surface area contributed by atoms with Crippen molar-refractivity contribution in [3.63, 3.8) is 0 Å². The van der Waals surface area contributed by atoms with Gasteiger partial charge in [-0.15, -0.1) is 0 Å². The maximum Gasteiger partial charge on any atom is 0.226 e. The number of hydrogen-bond donors (Lipinski definition) is 0. The van der Waals surface area contributed by atoms with Gasteiger partial charge in [0.25, 0.3) is 0 Å². The van der Waals surface area contributed by atoms with Gasteiger partial charge in [-0.05, 0) is 63.1 Å². The highest BCUT2D eigenvalue weighted by Gasteiger charge is 2.58. The lowest BCUT2D eigenvalue weighted by Gasteiger charge is -2.60. The molecule has 4 aromatic carbocycles. The second kappa shape index (κ2) is 8.60. The SMILES string of the molecule is CC1(C)C2=CC=CC3B4C5=C(CC(c6ccccc6)C=C5N(c5ccccc51)C23)N1c2ccccc2C(C)(C)c2cccc4c21. The Bertz CT molecular complexity index is 2080. The summed E-state index contributed by atoms with van der Waals surface area (Å²) >= 11 is 0. The van der Waals surface area contributed by atoms with Crippen LogP contribution in [0.3, 0.4) is 0 Å². The Morgan fingerprint density at radius 3 is 2.20 bits per heavy atom. The fraction of sp³-hybridized carbons (Fsp3) is 0.238. The Kier molecular flexibility index (Phi) is 4.93. The lowest BCUT2D eigenvalue weighted by atomic mass is 9.26. The van der Waals surface area contributed by atoms with E-state index in [1.54, 1.807) is 0 Å². The zero-order chi connectivity index (χ0) is 30.2. The van der Waals surface area contributed by atoms with Gasteiger partial charge in [-0.25, -0.2) is 0 Å². The average molecular weight is 581 g/mol. The zero-order valence-corrected chi connectivity index (χ0v) is 26.5. The molecule has 6 aliphatic rings. The maximum atomic E-state index is 2.76. The summed E-state index contributed by atoms with van der Waals surface area (Å²) in [4.78, 5) is 5.46. The minimum Gasteiger partial charge on any atom is -0.335 e. The first-order valence-corrected chi connectivity index (χ1v) is 16.7. The molecule has 2 aliphatic carbocycles.